The van der Waals surface area contributed by atoms with Gasteiger partial charge in [-0.25, -0.2) is 0 Å². The maximum Gasteiger partial charge on any atom is 0.263 e. The Morgan fingerprint density at radius 2 is 1.93 bits per heavy atom. The van der Waals surface area contributed by atoms with E-state index in [1.165, 1.54) is 6.20 Å². The molecule has 0 aliphatic heterocycles. The molecule has 3 rings (SSSR count). The first kappa shape index (κ1) is 18.4. The highest BCUT2D eigenvalue weighted by Gasteiger charge is 2.12. The van der Waals surface area contributed by atoms with Crippen LogP contribution in [-0.2, 0) is 6.42 Å². The van der Waals surface area contributed by atoms with Crippen LogP contribution in [0.25, 0.3) is 22.5 Å². The monoisotopic (exact) mass is 357 g/mol. The fraction of sp³-hybridized carbons (Fsp3) is 0.130. The molecule has 0 amide bonds. The Bertz CT molecular complexity index is 1090. The zero-order valence-electron chi connectivity index (χ0n) is 15.6. The Morgan fingerprint density at radius 1 is 1.15 bits per heavy atom. The van der Waals surface area contributed by atoms with Crippen molar-refractivity contribution in [2.75, 3.05) is 7.05 Å². The van der Waals surface area contributed by atoms with Crippen LogP contribution in [0.4, 0.5) is 0 Å². The highest BCUT2D eigenvalue weighted by atomic mass is 16.1. The van der Waals surface area contributed by atoms with E-state index in [-0.39, 0.29) is 5.56 Å². The fourth-order valence-electron chi connectivity index (χ4n) is 3.18. The van der Waals surface area contributed by atoms with Gasteiger partial charge in [0, 0.05) is 36.4 Å². The Kier molecular flexibility index (Phi) is 5.67. The Labute approximate surface area is 159 Å². The van der Waals surface area contributed by atoms with Crippen molar-refractivity contribution in [3.05, 3.63) is 94.1 Å². The van der Waals surface area contributed by atoms with Gasteiger partial charge in [-0.3, -0.25) is 14.4 Å². The molecule has 3 aromatic rings. The van der Waals surface area contributed by atoms with Crippen LogP contribution in [0.3, 0.4) is 0 Å². The summed E-state index contributed by atoms with van der Waals surface area (Å²) in [6.45, 7) is 2.06. The van der Waals surface area contributed by atoms with Crippen LogP contribution in [0.2, 0.25) is 0 Å². The lowest BCUT2D eigenvalue weighted by molar-refractivity contribution is 0.889. The third-order valence-electron chi connectivity index (χ3n) is 4.46. The Hall–Kier alpha value is -3.40. The zero-order chi connectivity index (χ0) is 19.2. The molecule has 1 aromatic heterocycles. The molecule has 0 fully saturated rings. The lowest BCUT2D eigenvalue weighted by Gasteiger charge is -2.14. The molecule has 0 aliphatic rings. The van der Waals surface area contributed by atoms with Gasteiger partial charge < -0.3 is 5.73 Å². The zero-order valence-corrected chi connectivity index (χ0v) is 15.6. The molecule has 0 spiro atoms. The number of aryl methyl sites for hydroxylation is 1. The third kappa shape index (κ3) is 3.75. The van der Waals surface area contributed by atoms with E-state index in [1.54, 1.807) is 17.8 Å². The van der Waals surface area contributed by atoms with Crippen LogP contribution < -0.4 is 11.3 Å². The highest BCUT2D eigenvalue weighted by Crippen LogP contribution is 2.21. The largest absolute Gasteiger partial charge is 0.404 e. The summed E-state index contributed by atoms with van der Waals surface area (Å²) in [6.07, 6.45) is 7.71. The minimum Gasteiger partial charge on any atom is -0.404 e. The van der Waals surface area contributed by atoms with E-state index in [0.29, 0.717) is 5.39 Å². The summed E-state index contributed by atoms with van der Waals surface area (Å²) in [5, 5.41) is 1.63. The average molecular weight is 357 g/mol. The lowest BCUT2D eigenvalue weighted by atomic mass is 10.0. The number of pyridine rings is 1. The number of rotatable bonds is 5. The third-order valence-corrected chi connectivity index (χ3v) is 4.46. The second-order valence-electron chi connectivity index (χ2n) is 6.16. The number of aromatic nitrogens is 1. The van der Waals surface area contributed by atoms with Crippen molar-refractivity contribution in [1.82, 2.24) is 4.57 Å². The molecule has 27 heavy (non-hydrogen) atoms. The topological polar surface area (TPSA) is 60.4 Å². The predicted octanol–water partition coefficient (Wildman–Crippen LogP) is 4.11. The normalized spacial score (nSPS) is 12.4. The SMILES string of the molecule is CCc1cc2cccc(/C=C\C(C=NC)=CN)c2c(=O)n1-c1ccccc1. The number of hydrogen-bond acceptors (Lipinski definition) is 3. The van der Waals surface area contributed by atoms with Gasteiger partial charge in [-0.1, -0.05) is 55.5 Å². The standard InChI is InChI=1S/C23H23N3O/c1-3-20-14-19-9-7-8-18(13-12-17(15-24)16-25-2)22(19)23(27)26(20)21-10-5-4-6-11-21/h4-16H,3,24H2,1-2H3/b13-12-,17-15?,25-16?. The molecule has 0 radical (unpaired) electrons. The minimum absolute atomic E-state index is 0.0155. The number of benzene rings is 2. The van der Waals surface area contributed by atoms with Gasteiger partial charge in [0.25, 0.3) is 5.56 Å². The van der Waals surface area contributed by atoms with E-state index in [1.807, 2.05) is 60.7 Å². The number of aliphatic imine (C=N–C) groups is 1. The van der Waals surface area contributed by atoms with Crippen LogP contribution in [0.15, 0.2) is 82.2 Å². The smallest absolute Gasteiger partial charge is 0.263 e. The summed E-state index contributed by atoms with van der Waals surface area (Å²) >= 11 is 0. The molecule has 0 unspecified atom stereocenters. The molecule has 0 saturated carbocycles. The molecule has 136 valence electrons. The molecule has 2 N–H and O–H groups in total. The van der Waals surface area contributed by atoms with Gasteiger partial charge in [-0.05, 0) is 35.6 Å². The molecule has 0 atom stereocenters. The first-order valence-electron chi connectivity index (χ1n) is 8.94. The van der Waals surface area contributed by atoms with Crippen LogP contribution in [-0.4, -0.2) is 17.8 Å². The van der Waals surface area contributed by atoms with E-state index in [0.717, 1.165) is 34.3 Å². The van der Waals surface area contributed by atoms with E-state index < -0.39 is 0 Å². The average Bonchev–Trinajstić information content (AvgIpc) is 2.71. The van der Waals surface area contributed by atoms with Gasteiger partial charge in [-0.2, -0.15) is 0 Å². The van der Waals surface area contributed by atoms with Crippen molar-refractivity contribution in [1.29, 1.82) is 0 Å². The van der Waals surface area contributed by atoms with E-state index in [4.69, 9.17) is 5.73 Å². The van der Waals surface area contributed by atoms with Gasteiger partial charge in [0.1, 0.15) is 0 Å². The second-order valence-corrected chi connectivity index (χ2v) is 6.16. The second kappa shape index (κ2) is 8.32. The summed E-state index contributed by atoms with van der Waals surface area (Å²) in [5.74, 6) is 0. The fourth-order valence-corrected chi connectivity index (χ4v) is 3.18. The number of hydrogen-bond donors (Lipinski definition) is 1. The van der Waals surface area contributed by atoms with Gasteiger partial charge >= 0.3 is 0 Å². The van der Waals surface area contributed by atoms with Crippen LogP contribution in [0, 0.1) is 0 Å². The lowest BCUT2D eigenvalue weighted by Crippen LogP contribution is -2.22. The van der Waals surface area contributed by atoms with Crippen LogP contribution in [0.1, 0.15) is 18.2 Å². The minimum atomic E-state index is -0.0155. The molecule has 2 aromatic carbocycles. The van der Waals surface area contributed by atoms with Crippen molar-refractivity contribution in [3.63, 3.8) is 0 Å². The summed E-state index contributed by atoms with van der Waals surface area (Å²) in [4.78, 5) is 17.4. The van der Waals surface area contributed by atoms with Crippen molar-refractivity contribution < 1.29 is 0 Å². The first-order valence-corrected chi connectivity index (χ1v) is 8.94. The van der Waals surface area contributed by atoms with Crippen LogP contribution in [0.5, 0.6) is 0 Å². The number of nitrogens with two attached hydrogens (primary N) is 1. The van der Waals surface area contributed by atoms with E-state index in [2.05, 4.69) is 18.0 Å². The van der Waals surface area contributed by atoms with Crippen molar-refractivity contribution in [2.45, 2.75) is 13.3 Å². The van der Waals surface area contributed by atoms with Crippen LogP contribution >= 0.6 is 0 Å². The molecule has 0 aliphatic carbocycles. The number of nitrogens with zero attached hydrogens (tertiary/aromatic N) is 2. The maximum atomic E-state index is 13.4. The van der Waals surface area contributed by atoms with E-state index in [9.17, 15) is 4.79 Å². The number of allylic oxidation sites excluding steroid dienone is 2. The Balaban J connectivity index is 2.27. The molecule has 1 heterocycles. The quantitative estimate of drug-likeness (QED) is 0.552. The molecule has 4 heteroatoms. The summed E-state index contributed by atoms with van der Waals surface area (Å²) < 4.78 is 1.80. The number of para-hydroxylation sites is 1. The molecular weight excluding hydrogens is 334 g/mol. The van der Waals surface area contributed by atoms with Gasteiger partial charge in [0.15, 0.2) is 0 Å². The molecule has 4 nitrogen and oxygen atoms in total. The number of fused-ring (bicyclic) bond motifs is 1. The molecule has 0 saturated heterocycles. The van der Waals surface area contributed by atoms with Gasteiger partial charge in [-0.15, -0.1) is 0 Å². The maximum absolute atomic E-state index is 13.4. The summed E-state index contributed by atoms with van der Waals surface area (Å²) in [6, 6.07) is 17.7. The molecular formula is C23H23N3O. The van der Waals surface area contributed by atoms with Crippen molar-refractivity contribution >= 4 is 23.1 Å². The van der Waals surface area contributed by atoms with Gasteiger partial charge in [0.2, 0.25) is 0 Å². The van der Waals surface area contributed by atoms with Gasteiger partial charge in [0.05, 0.1) is 5.39 Å². The molecule has 0 bridgehead atoms. The highest BCUT2D eigenvalue weighted by molar-refractivity contribution is 5.92. The van der Waals surface area contributed by atoms with Crippen molar-refractivity contribution in [2.24, 2.45) is 10.7 Å². The predicted molar refractivity (Wildman–Crippen MR) is 115 cm³/mol. The summed E-state index contributed by atoms with van der Waals surface area (Å²) in [7, 11) is 1.69. The van der Waals surface area contributed by atoms with E-state index >= 15 is 0 Å². The van der Waals surface area contributed by atoms with Crippen molar-refractivity contribution in [3.8, 4) is 5.69 Å². The first-order chi connectivity index (χ1) is 13.2. The summed E-state index contributed by atoms with van der Waals surface area (Å²) in [5.41, 5.74) is 9.12. The Morgan fingerprint density at radius 3 is 2.59 bits per heavy atom.